The number of carbonyl (C=O) groups is 2. The van der Waals surface area contributed by atoms with Crippen molar-refractivity contribution < 1.29 is 24.5 Å². The molecule has 0 aromatic rings. The molecule has 3 N–H and O–H groups in total. The molecule has 3 atom stereocenters. The number of hydrogen-bond donors (Lipinski definition) is 3. The summed E-state index contributed by atoms with van der Waals surface area (Å²) in [5.74, 6) is -0.632. The van der Waals surface area contributed by atoms with Gasteiger partial charge in [-0.25, -0.2) is 0 Å². The molecule has 0 aliphatic heterocycles. The van der Waals surface area contributed by atoms with E-state index in [0.29, 0.717) is 19.3 Å². The topological polar surface area (TPSA) is 95.9 Å². The molecule has 0 spiro atoms. The number of aliphatic hydroxyl groups excluding tert-OH is 2. The van der Waals surface area contributed by atoms with Gasteiger partial charge in [0.25, 0.3) is 0 Å². The first-order valence-corrected chi connectivity index (χ1v) is 30.5. The van der Waals surface area contributed by atoms with E-state index < -0.39 is 18.2 Å². The Morgan fingerprint density at radius 2 is 0.778 bits per heavy atom. The van der Waals surface area contributed by atoms with Crippen LogP contribution < -0.4 is 5.32 Å². The predicted molar refractivity (Wildman–Crippen MR) is 314 cm³/mol. The Kier molecular flexibility index (Phi) is 56.0. The molecule has 0 radical (unpaired) electrons. The van der Waals surface area contributed by atoms with Gasteiger partial charge in [0, 0.05) is 6.42 Å². The number of nitrogens with one attached hydrogen (secondary N) is 1. The summed E-state index contributed by atoms with van der Waals surface area (Å²) in [4.78, 5) is 26.3. The summed E-state index contributed by atoms with van der Waals surface area (Å²) >= 11 is 0. The Bertz CT molecular complexity index is 1400. The first-order chi connectivity index (χ1) is 35.5. The van der Waals surface area contributed by atoms with Gasteiger partial charge in [0.05, 0.1) is 25.2 Å². The van der Waals surface area contributed by atoms with E-state index in [1.165, 1.54) is 161 Å². The SMILES string of the molecule is CC/C=C\C/C=C\C/C=C\C/C=C\C/C=C\C/C=C\C(CC(=O)NC(CO)C(O)CCCCCCCCCCCCCCCCCCC)OC(=O)CCCCCCCCCCC/C=C\C/C=C\CCCCC. The number of rotatable bonds is 54. The summed E-state index contributed by atoms with van der Waals surface area (Å²) in [6.45, 7) is 6.34. The second kappa shape index (κ2) is 58.7. The molecular weight excluding hydrogens is 887 g/mol. The number of aliphatic hydroxyl groups is 2. The summed E-state index contributed by atoms with van der Waals surface area (Å²) in [5.41, 5.74) is 0. The van der Waals surface area contributed by atoms with Gasteiger partial charge in [-0.05, 0) is 89.5 Å². The van der Waals surface area contributed by atoms with Crippen LogP contribution in [0, 0.1) is 0 Å². The Morgan fingerprint density at radius 3 is 1.21 bits per heavy atom. The number of carbonyl (C=O) groups excluding carboxylic acids is 2. The van der Waals surface area contributed by atoms with Gasteiger partial charge < -0.3 is 20.3 Å². The van der Waals surface area contributed by atoms with Crippen LogP contribution in [-0.2, 0) is 14.3 Å². The molecule has 6 heteroatoms. The van der Waals surface area contributed by atoms with Crippen molar-refractivity contribution in [3.8, 4) is 0 Å². The molecule has 0 heterocycles. The fourth-order valence-corrected chi connectivity index (χ4v) is 8.81. The van der Waals surface area contributed by atoms with E-state index in [2.05, 4.69) is 111 Å². The Morgan fingerprint density at radius 1 is 0.431 bits per heavy atom. The molecule has 72 heavy (non-hydrogen) atoms. The van der Waals surface area contributed by atoms with Crippen molar-refractivity contribution in [2.45, 2.75) is 302 Å². The fourth-order valence-electron chi connectivity index (χ4n) is 8.81. The number of allylic oxidation sites excluding steroid dienone is 15. The van der Waals surface area contributed by atoms with Gasteiger partial charge in [-0.15, -0.1) is 0 Å². The molecular formula is C66H115NO5. The van der Waals surface area contributed by atoms with E-state index in [1.54, 1.807) is 0 Å². The third kappa shape index (κ3) is 53.1. The fraction of sp³-hybridized carbons (Fsp3) is 0.727. The minimum absolute atomic E-state index is 0.0525. The van der Waals surface area contributed by atoms with Crippen LogP contribution in [-0.4, -0.2) is 46.9 Å². The molecule has 0 aromatic heterocycles. The summed E-state index contributed by atoms with van der Waals surface area (Å²) in [7, 11) is 0. The minimum atomic E-state index is -0.827. The molecule has 414 valence electrons. The van der Waals surface area contributed by atoms with Crippen LogP contribution in [0.4, 0.5) is 0 Å². The highest BCUT2D eigenvalue weighted by molar-refractivity contribution is 5.78. The predicted octanol–water partition coefficient (Wildman–Crippen LogP) is 19.2. The van der Waals surface area contributed by atoms with Crippen LogP contribution in [0.15, 0.2) is 97.2 Å². The first kappa shape index (κ1) is 68.8. The van der Waals surface area contributed by atoms with E-state index in [1.807, 2.05) is 12.2 Å². The second-order valence-electron chi connectivity index (χ2n) is 20.4. The lowest BCUT2D eigenvalue weighted by molar-refractivity contribution is -0.148. The molecule has 0 fully saturated rings. The molecule has 1 amide bonds. The van der Waals surface area contributed by atoms with Crippen molar-refractivity contribution in [1.29, 1.82) is 0 Å². The number of unbranched alkanes of at least 4 members (excludes halogenated alkanes) is 28. The lowest BCUT2D eigenvalue weighted by Crippen LogP contribution is -2.46. The molecule has 0 aliphatic carbocycles. The maximum atomic E-state index is 13.3. The second-order valence-corrected chi connectivity index (χ2v) is 20.4. The zero-order valence-corrected chi connectivity index (χ0v) is 47.3. The van der Waals surface area contributed by atoms with Gasteiger partial charge in [-0.2, -0.15) is 0 Å². The van der Waals surface area contributed by atoms with Gasteiger partial charge in [-0.1, -0.05) is 279 Å². The van der Waals surface area contributed by atoms with Crippen molar-refractivity contribution in [2.24, 2.45) is 0 Å². The largest absolute Gasteiger partial charge is 0.458 e. The highest BCUT2D eigenvalue weighted by atomic mass is 16.5. The summed E-state index contributed by atoms with van der Waals surface area (Å²) in [6, 6.07) is -0.750. The molecule has 0 bridgehead atoms. The van der Waals surface area contributed by atoms with E-state index >= 15 is 0 Å². The normalized spacial score (nSPS) is 13.8. The lowest BCUT2D eigenvalue weighted by Gasteiger charge is -2.23. The highest BCUT2D eigenvalue weighted by Crippen LogP contribution is 2.17. The monoisotopic (exact) mass is 1000 g/mol. The van der Waals surface area contributed by atoms with Crippen LogP contribution in [0.5, 0.6) is 0 Å². The van der Waals surface area contributed by atoms with Crippen molar-refractivity contribution in [3.05, 3.63) is 97.2 Å². The highest BCUT2D eigenvalue weighted by Gasteiger charge is 2.23. The number of esters is 1. The van der Waals surface area contributed by atoms with Crippen molar-refractivity contribution in [3.63, 3.8) is 0 Å². The number of hydrogen-bond acceptors (Lipinski definition) is 5. The standard InChI is InChI=1S/C66H115NO5/c1-4-7-10-13-16-19-22-25-28-31-32-35-38-41-44-47-50-53-56-59-66(71)72-62(57-54-51-48-45-42-39-36-33-29-26-23-20-17-14-11-8-5-2)60-65(70)67-63(61-68)64(69)58-55-52-49-46-43-40-37-34-30-27-24-21-18-15-12-9-6-3/h8,11,16-17,19-20,25-26,28-29,36,39,45,48,54,57,62-64,68-69H,4-7,9-10,12-15,18,21-24,27,30-35,37-38,40-44,46-47,49-53,55-56,58-61H2,1-3H3,(H,67,70)/b11-8-,19-16-,20-17-,28-25-,29-26-,39-36-,48-45-,57-54-. The molecule has 0 saturated heterocycles. The molecule has 6 nitrogen and oxygen atoms in total. The zero-order valence-electron chi connectivity index (χ0n) is 47.3. The Hall–Kier alpha value is -3.22. The quantitative estimate of drug-likeness (QED) is 0.0321. The molecule has 0 aromatic carbocycles. The average molecular weight is 1000 g/mol. The van der Waals surface area contributed by atoms with Crippen LogP contribution in [0.1, 0.15) is 284 Å². The molecule has 0 saturated carbocycles. The van der Waals surface area contributed by atoms with E-state index in [-0.39, 0.29) is 24.9 Å². The number of amides is 1. The Balaban J connectivity index is 4.69. The maximum Gasteiger partial charge on any atom is 0.306 e. The summed E-state index contributed by atoms with van der Waals surface area (Å²) < 4.78 is 5.86. The maximum absolute atomic E-state index is 13.3. The lowest BCUT2D eigenvalue weighted by atomic mass is 10.0. The molecule has 0 rings (SSSR count). The van der Waals surface area contributed by atoms with Gasteiger partial charge in [-0.3, -0.25) is 9.59 Å². The van der Waals surface area contributed by atoms with Crippen molar-refractivity contribution in [2.75, 3.05) is 6.61 Å². The van der Waals surface area contributed by atoms with Gasteiger partial charge >= 0.3 is 5.97 Å². The summed E-state index contributed by atoms with van der Waals surface area (Å²) in [5, 5.41) is 23.9. The first-order valence-electron chi connectivity index (χ1n) is 30.5. The smallest absolute Gasteiger partial charge is 0.306 e. The van der Waals surface area contributed by atoms with Crippen LogP contribution in [0.25, 0.3) is 0 Å². The van der Waals surface area contributed by atoms with Crippen LogP contribution in [0.3, 0.4) is 0 Å². The summed E-state index contributed by atoms with van der Waals surface area (Å²) in [6.07, 6.45) is 79.4. The van der Waals surface area contributed by atoms with Gasteiger partial charge in [0.1, 0.15) is 6.10 Å². The molecule has 0 aliphatic rings. The van der Waals surface area contributed by atoms with Gasteiger partial charge in [0.2, 0.25) is 5.91 Å². The van der Waals surface area contributed by atoms with Crippen molar-refractivity contribution >= 4 is 11.9 Å². The number of ether oxygens (including phenoxy) is 1. The Labute approximate surface area is 446 Å². The van der Waals surface area contributed by atoms with Crippen LogP contribution >= 0.6 is 0 Å². The average Bonchev–Trinajstić information content (AvgIpc) is 3.37. The third-order valence-electron chi connectivity index (χ3n) is 13.4. The van der Waals surface area contributed by atoms with Gasteiger partial charge in [0.15, 0.2) is 0 Å². The van der Waals surface area contributed by atoms with E-state index in [4.69, 9.17) is 4.74 Å². The zero-order chi connectivity index (χ0) is 52.3. The van der Waals surface area contributed by atoms with E-state index in [9.17, 15) is 19.8 Å². The van der Waals surface area contributed by atoms with E-state index in [0.717, 1.165) is 77.0 Å². The third-order valence-corrected chi connectivity index (χ3v) is 13.4. The van der Waals surface area contributed by atoms with Crippen LogP contribution in [0.2, 0.25) is 0 Å². The minimum Gasteiger partial charge on any atom is -0.458 e. The molecule has 3 unspecified atom stereocenters. The van der Waals surface area contributed by atoms with Crippen molar-refractivity contribution in [1.82, 2.24) is 5.32 Å².